The van der Waals surface area contributed by atoms with E-state index in [1.165, 1.54) is 47.0 Å². The van der Waals surface area contributed by atoms with Gasteiger partial charge in [0.1, 0.15) is 0 Å². The van der Waals surface area contributed by atoms with E-state index >= 15 is 0 Å². The predicted molar refractivity (Wildman–Crippen MR) is 132 cm³/mol. The summed E-state index contributed by atoms with van der Waals surface area (Å²) in [5, 5.41) is 3.28. The van der Waals surface area contributed by atoms with Crippen LogP contribution in [0.25, 0.3) is 10.2 Å². The van der Waals surface area contributed by atoms with E-state index in [0.29, 0.717) is 35.0 Å². The van der Waals surface area contributed by atoms with Gasteiger partial charge in [0.15, 0.2) is 26.5 Å². The number of amides is 1. The number of ether oxygens (including phenoxy) is 2. The highest BCUT2D eigenvalue weighted by Gasteiger charge is 2.33. The van der Waals surface area contributed by atoms with E-state index in [0.717, 1.165) is 11.0 Å². The maximum atomic E-state index is 13.0. The molecule has 0 unspecified atom stereocenters. The third-order valence-corrected chi connectivity index (χ3v) is 9.76. The molecule has 35 heavy (non-hydrogen) atoms. The lowest BCUT2D eigenvalue weighted by atomic mass is 9.97. The highest BCUT2D eigenvalue weighted by molar-refractivity contribution is 7.91. The van der Waals surface area contributed by atoms with E-state index in [-0.39, 0.29) is 34.7 Å². The summed E-state index contributed by atoms with van der Waals surface area (Å²) in [5.74, 6) is 0.509. The number of carbonyl (C=O) groups is 1. The second-order valence-corrected chi connectivity index (χ2v) is 13.1. The summed E-state index contributed by atoms with van der Waals surface area (Å²) >= 11 is 1.31. The van der Waals surface area contributed by atoms with E-state index in [9.17, 15) is 21.6 Å². The molecule has 188 valence electrons. The molecule has 0 aliphatic carbocycles. The minimum Gasteiger partial charge on any atom is -0.493 e. The number of piperidine rings is 1. The molecule has 2 aromatic carbocycles. The van der Waals surface area contributed by atoms with Crippen molar-refractivity contribution in [2.75, 3.05) is 38.9 Å². The van der Waals surface area contributed by atoms with Crippen molar-refractivity contribution in [1.29, 1.82) is 0 Å². The van der Waals surface area contributed by atoms with Crippen LogP contribution in [0.5, 0.6) is 11.5 Å². The molecule has 0 radical (unpaired) electrons. The number of hydrogen-bond acceptors (Lipinski definition) is 9. The van der Waals surface area contributed by atoms with Crippen molar-refractivity contribution in [1.82, 2.24) is 9.29 Å². The molecule has 1 N–H and O–H groups in total. The smallest absolute Gasteiger partial charge is 0.243 e. The summed E-state index contributed by atoms with van der Waals surface area (Å²) in [6.45, 7) is 0.301. The highest BCUT2D eigenvalue weighted by atomic mass is 32.2. The minimum absolute atomic E-state index is 0.0566. The van der Waals surface area contributed by atoms with Crippen LogP contribution in [0.4, 0.5) is 5.13 Å². The number of carbonyl (C=O) groups excluding carboxylic acids is 1. The number of nitrogens with one attached hydrogen (secondary N) is 1. The molecule has 1 amide bonds. The van der Waals surface area contributed by atoms with Gasteiger partial charge in [-0.15, -0.1) is 0 Å². The van der Waals surface area contributed by atoms with E-state index in [1.54, 1.807) is 19.2 Å². The van der Waals surface area contributed by atoms with E-state index in [4.69, 9.17) is 9.47 Å². The first-order valence-corrected chi connectivity index (χ1v) is 14.8. The first-order chi connectivity index (χ1) is 16.5. The molecular weight excluding hydrogens is 514 g/mol. The van der Waals surface area contributed by atoms with Gasteiger partial charge in [-0.25, -0.2) is 21.8 Å². The lowest BCUT2D eigenvalue weighted by Crippen LogP contribution is -2.41. The monoisotopic (exact) mass is 539 g/mol. The Morgan fingerprint density at radius 3 is 2.29 bits per heavy atom. The fourth-order valence-corrected chi connectivity index (χ4v) is 7.03. The van der Waals surface area contributed by atoms with Crippen molar-refractivity contribution in [3.8, 4) is 11.5 Å². The summed E-state index contributed by atoms with van der Waals surface area (Å²) in [5.41, 5.74) is 0.667. The first kappa shape index (κ1) is 25.4. The van der Waals surface area contributed by atoms with Crippen LogP contribution in [0.3, 0.4) is 0 Å². The molecule has 1 aromatic heterocycles. The SMILES string of the molecule is COc1cc2nc(NC(=O)C3CCN(S(=O)(=O)c4cccc(S(C)(=O)=O)c4)CC3)sc2cc1OC. The second-order valence-electron chi connectivity index (χ2n) is 8.11. The standard InChI is InChI=1S/C22H25N3O7S3/c1-31-18-12-17-20(13-19(18)32-2)33-22(23-17)24-21(26)14-7-9-25(10-8-14)35(29,30)16-6-4-5-15(11-16)34(3,27)28/h4-6,11-14H,7-10H2,1-3H3,(H,23,24,26). The number of anilines is 1. The average molecular weight is 540 g/mol. The summed E-state index contributed by atoms with van der Waals surface area (Å²) in [6.07, 6.45) is 1.70. The zero-order chi connectivity index (χ0) is 25.4. The molecule has 4 rings (SSSR count). The maximum absolute atomic E-state index is 13.0. The van der Waals surface area contributed by atoms with Crippen LogP contribution in [0, 0.1) is 5.92 Å². The van der Waals surface area contributed by atoms with Crippen LogP contribution in [0.15, 0.2) is 46.2 Å². The van der Waals surface area contributed by atoms with Crippen LogP contribution < -0.4 is 14.8 Å². The quantitative estimate of drug-likeness (QED) is 0.485. The molecule has 1 fully saturated rings. The minimum atomic E-state index is -3.88. The maximum Gasteiger partial charge on any atom is 0.243 e. The van der Waals surface area contributed by atoms with Crippen molar-refractivity contribution >= 4 is 52.5 Å². The molecule has 10 nitrogen and oxygen atoms in total. The fourth-order valence-electron chi connectivity index (χ4n) is 3.89. The summed E-state index contributed by atoms with van der Waals surface area (Å²) in [4.78, 5) is 17.2. The Kier molecular flexibility index (Phi) is 7.04. The first-order valence-electron chi connectivity index (χ1n) is 10.7. The number of thiazole rings is 1. The van der Waals surface area contributed by atoms with Crippen molar-refractivity contribution in [3.63, 3.8) is 0 Å². The van der Waals surface area contributed by atoms with Crippen molar-refractivity contribution in [2.24, 2.45) is 5.92 Å². The van der Waals surface area contributed by atoms with Gasteiger partial charge in [0.2, 0.25) is 15.9 Å². The Labute approximate surface area is 207 Å². The van der Waals surface area contributed by atoms with Gasteiger partial charge in [-0.1, -0.05) is 17.4 Å². The summed E-state index contributed by atoms with van der Waals surface area (Å²) < 4.78 is 62.4. The number of benzene rings is 2. The lowest BCUT2D eigenvalue weighted by Gasteiger charge is -2.30. The molecule has 1 saturated heterocycles. The number of fused-ring (bicyclic) bond motifs is 1. The number of sulfone groups is 1. The Morgan fingerprint density at radius 1 is 1.03 bits per heavy atom. The predicted octanol–water partition coefficient (Wildman–Crippen LogP) is 2.76. The van der Waals surface area contributed by atoms with Crippen molar-refractivity contribution in [3.05, 3.63) is 36.4 Å². The van der Waals surface area contributed by atoms with Gasteiger partial charge in [0.25, 0.3) is 0 Å². The largest absolute Gasteiger partial charge is 0.493 e. The molecule has 0 spiro atoms. The molecule has 1 aliphatic heterocycles. The molecule has 13 heteroatoms. The van der Waals surface area contributed by atoms with Crippen LogP contribution >= 0.6 is 11.3 Å². The zero-order valence-corrected chi connectivity index (χ0v) is 21.8. The number of hydrogen-bond donors (Lipinski definition) is 1. The molecule has 2 heterocycles. The Morgan fingerprint density at radius 2 is 1.66 bits per heavy atom. The van der Waals surface area contributed by atoms with Gasteiger partial charge in [-0.05, 0) is 31.0 Å². The van der Waals surface area contributed by atoms with Gasteiger partial charge >= 0.3 is 0 Å². The van der Waals surface area contributed by atoms with Gasteiger partial charge in [0, 0.05) is 37.4 Å². The second kappa shape index (κ2) is 9.72. The fraction of sp³-hybridized carbons (Fsp3) is 0.364. The average Bonchev–Trinajstić information content (AvgIpc) is 3.23. The Balaban J connectivity index is 1.43. The van der Waals surface area contributed by atoms with E-state index < -0.39 is 19.9 Å². The lowest BCUT2D eigenvalue weighted by molar-refractivity contribution is -0.120. The number of sulfonamides is 1. The zero-order valence-electron chi connectivity index (χ0n) is 19.3. The van der Waals surface area contributed by atoms with Crippen LogP contribution in [-0.4, -0.2) is 65.6 Å². The van der Waals surface area contributed by atoms with Gasteiger partial charge in [0.05, 0.1) is 34.2 Å². The van der Waals surface area contributed by atoms with Crippen LogP contribution in [0.1, 0.15) is 12.8 Å². The highest BCUT2D eigenvalue weighted by Crippen LogP contribution is 2.36. The molecular formula is C22H25N3O7S3. The van der Waals surface area contributed by atoms with Crippen LogP contribution in [0.2, 0.25) is 0 Å². The summed E-state index contributed by atoms with van der Waals surface area (Å²) in [7, 11) is -4.34. The van der Waals surface area contributed by atoms with Gasteiger partial charge in [-0.3, -0.25) is 4.79 Å². The topological polar surface area (TPSA) is 132 Å². The third kappa shape index (κ3) is 5.27. The van der Waals surface area contributed by atoms with Gasteiger partial charge in [-0.2, -0.15) is 4.31 Å². The number of aromatic nitrogens is 1. The molecule has 3 aromatic rings. The number of methoxy groups -OCH3 is 2. The molecule has 1 aliphatic rings. The summed E-state index contributed by atoms with van der Waals surface area (Å²) in [6, 6.07) is 8.85. The van der Waals surface area contributed by atoms with E-state index in [2.05, 4.69) is 10.3 Å². The Hall–Kier alpha value is -2.74. The van der Waals surface area contributed by atoms with Crippen molar-refractivity contribution in [2.45, 2.75) is 22.6 Å². The van der Waals surface area contributed by atoms with E-state index in [1.807, 2.05) is 0 Å². The number of nitrogens with zero attached hydrogens (tertiary/aromatic N) is 2. The van der Waals surface area contributed by atoms with Gasteiger partial charge < -0.3 is 14.8 Å². The van der Waals surface area contributed by atoms with Crippen LogP contribution in [-0.2, 0) is 24.7 Å². The molecule has 0 saturated carbocycles. The Bertz CT molecular complexity index is 1430. The molecule has 0 atom stereocenters. The molecule has 0 bridgehead atoms. The number of rotatable bonds is 7. The third-order valence-electron chi connectivity index (χ3n) is 5.82. The normalized spacial score (nSPS) is 15.7. The van der Waals surface area contributed by atoms with Crippen molar-refractivity contribution < 1.29 is 31.1 Å².